The Bertz CT molecular complexity index is 933. The first-order valence-corrected chi connectivity index (χ1v) is 9.13. The highest BCUT2D eigenvalue weighted by Gasteiger charge is 2.10. The molecule has 0 amide bonds. The van der Waals surface area contributed by atoms with Crippen LogP contribution in [0.2, 0.25) is 0 Å². The normalized spacial score (nSPS) is 10.6. The lowest BCUT2D eigenvalue weighted by Crippen LogP contribution is -2.04. The fourth-order valence-corrected chi connectivity index (χ4v) is 3.02. The van der Waals surface area contributed by atoms with Crippen LogP contribution in [0.25, 0.3) is 0 Å². The van der Waals surface area contributed by atoms with E-state index in [0.29, 0.717) is 5.82 Å². The average molecular weight is 360 g/mol. The van der Waals surface area contributed by atoms with Gasteiger partial charge in [-0.15, -0.1) is 0 Å². The molecule has 1 aromatic heterocycles. The number of aromatic nitrogens is 1. The molecule has 0 saturated carbocycles. The number of anilines is 2. The molecule has 27 heavy (non-hydrogen) atoms. The third-order valence-electron chi connectivity index (χ3n) is 4.76. The van der Waals surface area contributed by atoms with Gasteiger partial charge in [0.2, 0.25) is 0 Å². The zero-order valence-corrected chi connectivity index (χ0v) is 15.7. The van der Waals surface area contributed by atoms with Crippen molar-refractivity contribution >= 4 is 17.5 Å². The molecule has 4 nitrogen and oxygen atoms in total. The number of nitrogens with one attached hydrogen (secondary N) is 1. The van der Waals surface area contributed by atoms with Crippen LogP contribution < -0.4 is 5.32 Å². The first kappa shape index (κ1) is 18.6. The molecule has 1 heterocycles. The number of hydrogen-bond donors (Lipinski definition) is 2. The third kappa shape index (κ3) is 4.94. The summed E-state index contributed by atoms with van der Waals surface area (Å²) in [5.41, 5.74) is 6.32. The molecule has 0 unspecified atom stereocenters. The van der Waals surface area contributed by atoms with Gasteiger partial charge in [0.05, 0.1) is 0 Å². The first-order chi connectivity index (χ1) is 13.0. The molecule has 2 N–H and O–H groups in total. The summed E-state index contributed by atoms with van der Waals surface area (Å²) in [6.45, 7) is 4.29. The number of aryl methyl sites for hydroxylation is 4. The number of pyridine rings is 1. The summed E-state index contributed by atoms with van der Waals surface area (Å²) in [7, 11) is 0. The van der Waals surface area contributed by atoms with E-state index >= 15 is 0 Å². The van der Waals surface area contributed by atoms with E-state index in [4.69, 9.17) is 0 Å². The van der Waals surface area contributed by atoms with Crippen molar-refractivity contribution in [3.63, 3.8) is 0 Å². The van der Waals surface area contributed by atoms with E-state index < -0.39 is 5.97 Å². The number of carbonyl (C=O) groups is 1. The van der Waals surface area contributed by atoms with Crippen molar-refractivity contribution < 1.29 is 9.90 Å². The van der Waals surface area contributed by atoms with Gasteiger partial charge in [-0.25, -0.2) is 9.78 Å². The standard InChI is InChI=1S/C23H24N2O2/c1-16-8-9-19(15-17(16)2)6-3-5-18-10-12-20(13-11-18)25-22-21(23(26)27)7-4-14-24-22/h4,7-15H,3,5-6H2,1-2H3,(H,24,25)(H,26,27). The Morgan fingerprint density at radius 3 is 2.37 bits per heavy atom. The smallest absolute Gasteiger partial charge is 0.339 e. The maximum Gasteiger partial charge on any atom is 0.339 e. The third-order valence-corrected chi connectivity index (χ3v) is 4.76. The Morgan fingerprint density at radius 2 is 1.67 bits per heavy atom. The Kier molecular flexibility index (Phi) is 5.87. The van der Waals surface area contributed by atoms with Gasteiger partial charge in [0.1, 0.15) is 11.4 Å². The van der Waals surface area contributed by atoms with Crippen LogP contribution in [0.15, 0.2) is 60.8 Å². The summed E-state index contributed by atoms with van der Waals surface area (Å²) >= 11 is 0. The fraction of sp³-hybridized carbons (Fsp3) is 0.217. The van der Waals surface area contributed by atoms with E-state index in [0.717, 1.165) is 24.9 Å². The molecule has 0 atom stereocenters. The molecule has 0 aliphatic heterocycles. The van der Waals surface area contributed by atoms with Crippen molar-refractivity contribution in [2.75, 3.05) is 5.32 Å². The van der Waals surface area contributed by atoms with Gasteiger partial charge in [0.15, 0.2) is 0 Å². The fourth-order valence-electron chi connectivity index (χ4n) is 3.02. The quantitative estimate of drug-likeness (QED) is 0.599. The summed E-state index contributed by atoms with van der Waals surface area (Å²) in [5.74, 6) is -0.638. The van der Waals surface area contributed by atoms with Gasteiger partial charge in [-0.2, -0.15) is 0 Å². The summed E-state index contributed by atoms with van der Waals surface area (Å²) in [6, 6.07) is 17.9. The van der Waals surface area contributed by atoms with Crippen molar-refractivity contribution in [1.82, 2.24) is 4.98 Å². The van der Waals surface area contributed by atoms with Crippen molar-refractivity contribution in [3.05, 3.63) is 88.6 Å². The SMILES string of the molecule is Cc1ccc(CCCc2ccc(Nc3ncccc3C(=O)O)cc2)cc1C. The van der Waals surface area contributed by atoms with Crippen LogP contribution >= 0.6 is 0 Å². The number of nitrogens with zero attached hydrogens (tertiary/aromatic N) is 1. The molecule has 0 fully saturated rings. The monoisotopic (exact) mass is 360 g/mol. The van der Waals surface area contributed by atoms with Crippen molar-refractivity contribution in [2.45, 2.75) is 33.1 Å². The van der Waals surface area contributed by atoms with Crippen LogP contribution in [0.4, 0.5) is 11.5 Å². The van der Waals surface area contributed by atoms with Gasteiger partial charge < -0.3 is 10.4 Å². The zero-order valence-electron chi connectivity index (χ0n) is 15.7. The lowest BCUT2D eigenvalue weighted by molar-refractivity contribution is 0.0697. The lowest BCUT2D eigenvalue weighted by atomic mass is 10.0. The Balaban J connectivity index is 1.57. The largest absolute Gasteiger partial charge is 0.478 e. The zero-order chi connectivity index (χ0) is 19.2. The van der Waals surface area contributed by atoms with Gasteiger partial charge in [-0.05, 0) is 79.6 Å². The molecule has 138 valence electrons. The van der Waals surface area contributed by atoms with Crippen molar-refractivity contribution in [1.29, 1.82) is 0 Å². The maximum atomic E-state index is 11.3. The predicted molar refractivity (Wildman–Crippen MR) is 109 cm³/mol. The molecule has 0 radical (unpaired) electrons. The van der Waals surface area contributed by atoms with Crippen LogP contribution in [0.5, 0.6) is 0 Å². The summed E-state index contributed by atoms with van der Waals surface area (Å²) in [4.78, 5) is 15.4. The number of carboxylic acid groups (broad SMARTS) is 1. The molecule has 3 rings (SSSR count). The summed E-state index contributed by atoms with van der Waals surface area (Å²) in [5, 5.41) is 12.3. The number of rotatable bonds is 7. The Morgan fingerprint density at radius 1 is 0.963 bits per heavy atom. The molecule has 0 aliphatic rings. The summed E-state index contributed by atoms with van der Waals surface area (Å²) in [6.07, 6.45) is 4.75. The maximum absolute atomic E-state index is 11.3. The van der Waals surface area contributed by atoms with E-state index in [1.807, 2.05) is 12.1 Å². The molecule has 2 aromatic carbocycles. The predicted octanol–water partition coefficient (Wildman–Crippen LogP) is 5.32. The first-order valence-electron chi connectivity index (χ1n) is 9.13. The van der Waals surface area contributed by atoms with Crippen molar-refractivity contribution in [2.24, 2.45) is 0 Å². The van der Waals surface area contributed by atoms with E-state index in [2.05, 4.69) is 54.5 Å². The van der Waals surface area contributed by atoms with Gasteiger partial charge in [0, 0.05) is 11.9 Å². The topological polar surface area (TPSA) is 62.2 Å². The molecule has 0 bridgehead atoms. The minimum atomic E-state index is -0.992. The minimum absolute atomic E-state index is 0.162. The molecule has 4 heteroatoms. The number of benzene rings is 2. The molecule has 0 spiro atoms. The second-order valence-corrected chi connectivity index (χ2v) is 6.80. The molecule has 0 saturated heterocycles. The average Bonchev–Trinajstić information content (AvgIpc) is 2.66. The van der Waals surface area contributed by atoms with Crippen LogP contribution in [0.1, 0.15) is 39.0 Å². The summed E-state index contributed by atoms with van der Waals surface area (Å²) < 4.78 is 0. The van der Waals surface area contributed by atoms with E-state index in [-0.39, 0.29) is 5.56 Å². The molecular weight excluding hydrogens is 336 g/mol. The van der Waals surface area contributed by atoms with E-state index in [1.165, 1.54) is 22.3 Å². The highest BCUT2D eigenvalue weighted by molar-refractivity contribution is 5.93. The lowest BCUT2D eigenvalue weighted by Gasteiger charge is -2.09. The van der Waals surface area contributed by atoms with Gasteiger partial charge in [-0.1, -0.05) is 30.3 Å². The van der Waals surface area contributed by atoms with Gasteiger partial charge in [-0.3, -0.25) is 0 Å². The van der Waals surface area contributed by atoms with Crippen molar-refractivity contribution in [3.8, 4) is 0 Å². The van der Waals surface area contributed by atoms with Gasteiger partial charge in [0.25, 0.3) is 0 Å². The van der Waals surface area contributed by atoms with Crippen LogP contribution in [0, 0.1) is 13.8 Å². The number of carboxylic acids is 1. The second-order valence-electron chi connectivity index (χ2n) is 6.80. The minimum Gasteiger partial charge on any atom is -0.478 e. The Hall–Kier alpha value is -3.14. The van der Waals surface area contributed by atoms with Crippen LogP contribution in [0.3, 0.4) is 0 Å². The van der Waals surface area contributed by atoms with E-state index in [1.54, 1.807) is 18.3 Å². The van der Waals surface area contributed by atoms with Crippen LogP contribution in [-0.4, -0.2) is 16.1 Å². The highest BCUT2D eigenvalue weighted by atomic mass is 16.4. The number of hydrogen-bond acceptors (Lipinski definition) is 3. The molecule has 3 aromatic rings. The molecule has 0 aliphatic carbocycles. The highest BCUT2D eigenvalue weighted by Crippen LogP contribution is 2.20. The molecular formula is C23H24N2O2. The second kappa shape index (κ2) is 8.49. The van der Waals surface area contributed by atoms with Gasteiger partial charge >= 0.3 is 5.97 Å². The van der Waals surface area contributed by atoms with E-state index in [9.17, 15) is 9.90 Å². The Labute approximate surface area is 159 Å². The van der Waals surface area contributed by atoms with Crippen LogP contribution in [-0.2, 0) is 12.8 Å². The number of aromatic carboxylic acids is 1.